The maximum atomic E-state index is 11.7. The van der Waals surface area contributed by atoms with E-state index in [4.69, 9.17) is 4.52 Å². The van der Waals surface area contributed by atoms with Crippen molar-refractivity contribution in [2.75, 3.05) is 14.2 Å². The molecule has 11 heteroatoms. The van der Waals surface area contributed by atoms with Crippen molar-refractivity contribution in [1.82, 2.24) is 0 Å². The minimum Gasteiger partial charge on any atom is -0.397 e. The number of phosphoric acid groups is 1. The fraction of sp³-hybridized carbons (Fsp3) is 0.250. The molecule has 0 aliphatic heterocycles. The molecule has 19 heavy (non-hydrogen) atoms. The van der Waals surface area contributed by atoms with Gasteiger partial charge in [0.1, 0.15) is 0 Å². The van der Waals surface area contributed by atoms with Crippen LogP contribution in [-0.2, 0) is 13.6 Å². The fourth-order valence-corrected chi connectivity index (χ4v) is 1.80. The summed E-state index contributed by atoms with van der Waals surface area (Å²) in [4.78, 5) is 19.6. The summed E-state index contributed by atoms with van der Waals surface area (Å²) in [6.07, 6.45) is 0. The number of hydrogen-bond acceptors (Lipinski definition) is 8. The van der Waals surface area contributed by atoms with E-state index in [9.17, 15) is 24.8 Å². The topological polar surface area (TPSA) is 131 Å². The van der Waals surface area contributed by atoms with E-state index in [-0.39, 0.29) is 0 Å². The monoisotopic (exact) mass is 292 g/mol. The van der Waals surface area contributed by atoms with Gasteiger partial charge in [0.15, 0.2) is 0 Å². The number of nitro groups is 2. The highest BCUT2D eigenvalue weighted by Crippen LogP contribution is 2.50. The van der Waals surface area contributed by atoms with Gasteiger partial charge in [0, 0.05) is 20.3 Å². The summed E-state index contributed by atoms with van der Waals surface area (Å²) in [5.74, 6) is -0.456. The van der Waals surface area contributed by atoms with Gasteiger partial charge in [0.25, 0.3) is 5.69 Å². The Morgan fingerprint density at radius 2 is 1.68 bits per heavy atom. The van der Waals surface area contributed by atoms with Crippen LogP contribution in [0, 0.1) is 20.2 Å². The van der Waals surface area contributed by atoms with Crippen molar-refractivity contribution in [1.29, 1.82) is 0 Å². The van der Waals surface area contributed by atoms with Crippen molar-refractivity contribution in [3.63, 3.8) is 0 Å². The van der Waals surface area contributed by atoms with Gasteiger partial charge in [-0.15, -0.1) is 0 Å². The summed E-state index contributed by atoms with van der Waals surface area (Å²) in [6, 6.07) is 2.60. The smallest absolute Gasteiger partial charge is 0.397 e. The Kier molecular flexibility index (Phi) is 4.54. The molecule has 0 saturated heterocycles. The largest absolute Gasteiger partial charge is 0.529 e. The number of nitrogens with zero attached hydrogens (tertiary/aromatic N) is 2. The molecule has 0 aliphatic carbocycles. The maximum Gasteiger partial charge on any atom is 0.529 e. The average Bonchev–Trinajstić information content (AvgIpc) is 2.38. The Hall–Kier alpha value is -2.03. The van der Waals surface area contributed by atoms with Gasteiger partial charge >= 0.3 is 13.5 Å². The lowest BCUT2D eigenvalue weighted by Gasteiger charge is -2.13. The summed E-state index contributed by atoms with van der Waals surface area (Å²) in [7, 11) is -1.92. The van der Waals surface area contributed by atoms with E-state index >= 15 is 0 Å². The van der Waals surface area contributed by atoms with Crippen molar-refractivity contribution >= 4 is 19.2 Å². The van der Waals surface area contributed by atoms with E-state index in [0.717, 1.165) is 26.4 Å². The summed E-state index contributed by atoms with van der Waals surface area (Å²) in [6.45, 7) is 0. The Morgan fingerprint density at radius 1 is 1.11 bits per heavy atom. The third-order valence-corrected chi connectivity index (χ3v) is 3.32. The van der Waals surface area contributed by atoms with E-state index in [0.29, 0.717) is 6.07 Å². The first kappa shape index (κ1) is 15.0. The summed E-state index contributed by atoms with van der Waals surface area (Å²) < 4.78 is 25.4. The molecule has 0 amide bonds. The standard InChI is InChI=1S/C8H9N2O8P/c1-16-19(15,17-2)18-8-4-3-6(9(11)12)5-7(8)10(13)14/h3-5H,1-2H3. The van der Waals surface area contributed by atoms with Gasteiger partial charge in [-0.25, -0.2) is 4.57 Å². The SMILES string of the molecule is COP(=O)(OC)Oc1ccc([N+](=O)[O-])cc1[N+](=O)[O-]. The first-order valence-electron chi connectivity index (χ1n) is 4.67. The fourth-order valence-electron chi connectivity index (χ4n) is 1.11. The van der Waals surface area contributed by atoms with Crippen molar-refractivity contribution in [2.45, 2.75) is 0 Å². The first-order chi connectivity index (χ1) is 8.83. The van der Waals surface area contributed by atoms with E-state index < -0.39 is 34.8 Å². The van der Waals surface area contributed by atoms with Crippen molar-refractivity contribution < 1.29 is 28.0 Å². The second kappa shape index (κ2) is 5.74. The Morgan fingerprint density at radius 3 is 2.11 bits per heavy atom. The Bertz CT molecular complexity index is 552. The summed E-state index contributed by atoms with van der Waals surface area (Å²) in [5.41, 5.74) is -1.22. The minimum atomic E-state index is -3.98. The average molecular weight is 292 g/mol. The van der Waals surface area contributed by atoms with E-state index in [1.807, 2.05) is 0 Å². The van der Waals surface area contributed by atoms with Crippen LogP contribution in [0.5, 0.6) is 5.75 Å². The molecule has 0 radical (unpaired) electrons. The number of non-ortho nitro benzene ring substituents is 1. The molecule has 0 unspecified atom stereocenters. The third-order valence-electron chi connectivity index (χ3n) is 2.01. The zero-order valence-corrected chi connectivity index (χ0v) is 10.7. The normalized spacial score (nSPS) is 11.1. The minimum absolute atomic E-state index is 0.456. The van der Waals surface area contributed by atoms with Crippen LogP contribution in [0.3, 0.4) is 0 Å². The highest BCUT2D eigenvalue weighted by Gasteiger charge is 2.30. The van der Waals surface area contributed by atoms with Gasteiger partial charge in [-0.3, -0.25) is 29.3 Å². The Balaban J connectivity index is 3.25. The van der Waals surface area contributed by atoms with Gasteiger partial charge in [-0.1, -0.05) is 0 Å². The number of phosphoric ester groups is 1. The van der Waals surface area contributed by atoms with Crippen molar-refractivity contribution in [3.8, 4) is 5.75 Å². The van der Waals surface area contributed by atoms with E-state index in [2.05, 4.69) is 9.05 Å². The lowest BCUT2D eigenvalue weighted by Crippen LogP contribution is -2.01. The molecule has 0 aliphatic rings. The quantitative estimate of drug-likeness (QED) is 0.443. The van der Waals surface area contributed by atoms with Crippen LogP contribution in [0.15, 0.2) is 18.2 Å². The van der Waals surface area contributed by atoms with Crippen LogP contribution in [0.4, 0.5) is 11.4 Å². The highest BCUT2D eigenvalue weighted by molar-refractivity contribution is 7.48. The molecule has 0 heterocycles. The van der Waals surface area contributed by atoms with Crippen LogP contribution in [0.25, 0.3) is 0 Å². The molecule has 10 nitrogen and oxygen atoms in total. The van der Waals surface area contributed by atoms with Gasteiger partial charge in [0.05, 0.1) is 15.9 Å². The number of hydrogen-bond donors (Lipinski definition) is 0. The molecule has 0 spiro atoms. The van der Waals surface area contributed by atoms with Crippen molar-refractivity contribution in [3.05, 3.63) is 38.4 Å². The van der Waals surface area contributed by atoms with Gasteiger partial charge in [-0.05, 0) is 6.07 Å². The predicted molar refractivity (Wildman–Crippen MR) is 62.0 cm³/mol. The molecule has 0 bridgehead atoms. The predicted octanol–water partition coefficient (Wildman–Crippen LogP) is 2.28. The second-order valence-electron chi connectivity index (χ2n) is 3.07. The molecular formula is C8H9N2O8P. The molecule has 104 valence electrons. The maximum absolute atomic E-state index is 11.7. The molecule has 1 aromatic rings. The van der Waals surface area contributed by atoms with E-state index in [1.54, 1.807) is 0 Å². The van der Waals surface area contributed by atoms with Crippen LogP contribution < -0.4 is 4.52 Å². The summed E-state index contributed by atoms with van der Waals surface area (Å²) >= 11 is 0. The lowest BCUT2D eigenvalue weighted by atomic mass is 10.2. The number of rotatable bonds is 6. The molecule has 0 atom stereocenters. The second-order valence-corrected chi connectivity index (χ2v) is 4.88. The molecule has 0 N–H and O–H groups in total. The summed E-state index contributed by atoms with van der Waals surface area (Å²) in [5, 5.41) is 21.3. The molecular weight excluding hydrogens is 283 g/mol. The van der Waals surface area contributed by atoms with Crippen molar-refractivity contribution in [2.24, 2.45) is 0 Å². The number of benzene rings is 1. The van der Waals surface area contributed by atoms with E-state index in [1.165, 1.54) is 0 Å². The van der Waals surface area contributed by atoms with Crippen LogP contribution in [-0.4, -0.2) is 24.1 Å². The zero-order chi connectivity index (χ0) is 14.6. The Labute approximate surface area is 106 Å². The third kappa shape index (κ3) is 3.47. The van der Waals surface area contributed by atoms with Gasteiger partial charge < -0.3 is 4.52 Å². The lowest BCUT2D eigenvalue weighted by molar-refractivity contribution is -0.394. The zero-order valence-electron chi connectivity index (χ0n) is 9.84. The molecule has 0 fully saturated rings. The molecule has 0 aromatic heterocycles. The van der Waals surface area contributed by atoms with Crippen LogP contribution in [0.2, 0.25) is 0 Å². The van der Waals surface area contributed by atoms with Crippen LogP contribution >= 0.6 is 7.82 Å². The van der Waals surface area contributed by atoms with Gasteiger partial charge in [0.2, 0.25) is 5.75 Å². The number of nitro benzene ring substituents is 2. The van der Waals surface area contributed by atoms with Gasteiger partial charge in [-0.2, -0.15) is 0 Å². The van der Waals surface area contributed by atoms with Crippen LogP contribution in [0.1, 0.15) is 0 Å². The molecule has 0 saturated carbocycles. The first-order valence-corrected chi connectivity index (χ1v) is 6.13. The highest BCUT2D eigenvalue weighted by atomic mass is 31.2. The molecule has 1 rings (SSSR count). The molecule has 1 aromatic carbocycles.